The van der Waals surface area contributed by atoms with Crippen LogP contribution in [0.5, 0.6) is 11.6 Å². The minimum atomic E-state index is -1.09. The highest BCUT2D eigenvalue weighted by atomic mass is 35.5. The number of rotatable bonds is 3. The number of hydrogen-bond acceptors (Lipinski definition) is 4. The van der Waals surface area contributed by atoms with E-state index in [9.17, 15) is 4.79 Å². The molecule has 5 nitrogen and oxygen atoms in total. The fourth-order valence-electron chi connectivity index (χ4n) is 1.29. The van der Waals surface area contributed by atoms with Gasteiger partial charge in [0.1, 0.15) is 5.75 Å². The number of nitrogen functional groups attached to an aromatic ring is 1. The largest absolute Gasteiger partial charge is 0.478 e. The number of carbonyl (C=O) groups is 1. The van der Waals surface area contributed by atoms with Crippen LogP contribution in [0.4, 0.5) is 5.69 Å². The molecule has 1 aromatic heterocycles. The molecule has 0 aliphatic rings. The van der Waals surface area contributed by atoms with Crippen molar-refractivity contribution in [1.29, 1.82) is 0 Å². The first-order valence-corrected chi connectivity index (χ1v) is 5.36. The zero-order chi connectivity index (χ0) is 13.1. The molecule has 2 rings (SSSR count). The number of anilines is 1. The third-order valence-electron chi connectivity index (χ3n) is 2.15. The minimum absolute atomic E-state index is 0.0101. The standard InChI is InChI=1S/C12H9ClN2O3/c13-8-1-3-9(4-2-8)18-11-10(14)5-7(6-15-11)12(16)17/h1-6H,14H2,(H,16,17). The van der Waals surface area contributed by atoms with Crippen molar-refractivity contribution in [3.8, 4) is 11.6 Å². The Labute approximate surface area is 108 Å². The zero-order valence-corrected chi connectivity index (χ0v) is 9.89. The maximum atomic E-state index is 10.7. The Balaban J connectivity index is 2.24. The number of nitrogens with two attached hydrogens (primary N) is 1. The Morgan fingerprint density at radius 1 is 1.33 bits per heavy atom. The van der Waals surface area contributed by atoms with E-state index >= 15 is 0 Å². The van der Waals surface area contributed by atoms with Crippen molar-refractivity contribution in [3.05, 3.63) is 47.1 Å². The van der Waals surface area contributed by atoms with Gasteiger partial charge in [0.25, 0.3) is 0 Å². The number of aromatic carboxylic acids is 1. The maximum Gasteiger partial charge on any atom is 0.337 e. The van der Waals surface area contributed by atoms with Gasteiger partial charge in [0, 0.05) is 11.2 Å². The highest BCUT2D eigenvalue weighted by Gasteiger charge is 2.09. The van der Waals surface area contributed by atoms with E-state index in [1.165, 1.54) is 12.3 Å². The van der Waals surface area contributed by atoms with E-state index in [1.54, 1.807) is 24.3 Å². The number of hydrogen-bond donors (Lipinski definition) is 2. The van der Waals surface area contributed by atoms with Crippen molar-refractivity contribution < 1.29 is 14.6 Å². The van der Waals surface area contributed by atoms with Gasteiger partial charge in [-0.2, -0.15) is 0 Å². The van der Waals surface area contributed by atoms with Crippen LogP contribution in [0.3, 0.4) is 0 Å². The monoisotopic (exact) mass is 264 g/mol. The molecule has 0 fully saturated rings. The molecule has 1 heterocycles. The van der Waals surface area contributed by atoms with Gasteiger partial charge in [0.05, 0.1) is 11.3 Å². The lowest BCUT2D eigenvalue weighted by atomic mass is 10.2. The van der Waals surface area contributed by atoms with E-state index in [1.807, 2.05) is 0 Å². The van der Waals surface area contributed by atoms with Gasteiger partial charge in [-0.25, -0.2) is 9.78 Å². The fraction of sp³-hybridized carbons (Fsp3) is 0. The number of carboxylic acid groups (broad SMARTS) is 1. The van der Waals surface area contributed by atoms with Crippen LogP contribution in [0, 0.1) is 0 Å². The van der Waals surface area contributed by atoms with Crippen LogP contribution in [0.2, 0.25) is 5.02 Å². The molecule has 0 unspecified atom stereocenters. The topological polar surface area (TPSA) is 85.4 Å². The molecular formula is C12H9ClN2O3. The van der Waals surface area contributed by atoms with Crippen LogP contribution in [0.1, 0.15) is 10.4 Å². The Morgan fingerprint density at radius 3 is 2.56 bits per heavy atom. The summed E-state index contributed by atoms with van der Waals surface area (Å²) < 4.78 is 5.41. The normalized spacial score (nSPS) is 10.1. The second-order valence-corrected chi connectivity index (χ2v) is 3.92. The number of halogens is 1. The van der Waals surface area contributed by atoms with E-state index in [-0.39, 0.29) is 17.1 Å². The first-order valence-electron chi connectivity index (χ1n) is 4.98. The van der Waals surface area contributed by atoms with E-state index in [4.69, 9.17) is 27.2 Å². The molecule has 92 valence electrons. The van der Waals surface area contributed by atoms with Crippen LogP contribution in [0.25, 0.3) is 0 Å². The van der Waals surface area contributed by atoms with E-state index in [2.05, 4.69) is 4.98 Å². The van der Waals surface area contributed by atoms with Crippen molar-refractivity contribution in [1.82, 2.24) is 4.98 Å². The summed E-state index contributed by atoms with van der Waals surface area (Å²) in [4.78, 5) is 14.6. The van der Waals surface area contributed by atoms with E-state index in [0.29, 0.717) is 10.8 Å². The molecule has 0 bridgehead atoms. The number of aromatic nitrogens is 1. The van der Waals surface area contributed by atoms with Crippen LogP contribution < -0.4 is 10.5 Å². The zero-order valence-electron chi connectivity index (χ0n) is 9.13. The molecular weight excluding hydrogens is 256 g/mol. The molecule has 0 saturated heterocycles. The second kappa shape index (κ2) is 4.93. The first kappa shape index (κ1) is 12.2. The second-order valence-electron chi connectivity index (χ2n) is 3.48. The molecule has 0 spiro atoms. The van der Waals surface area contributed by atoms with Gasteiger partial charge in [-0.3, -0.25) is 0 Å². The summed E-state index contributed by atoms with van der Waals surface area (Å²) in [6, 6.07) is 7.95. The highest BCUT2D eigenvalue weighted by molar-refractivity contribution is 6.30. The number of carboxylic acids is 1. The van der Waals surface area contributed by atoms with E-state index in [0.717, 1.165) is 0 Å². The summed E-state index contributed by atoms with van der Waals surface area (Å²) in [5, 5.41) is 9.36. The summed E-state index contributed by atoms with van der Waals surface area (Å²) in [5.74, 6) is -0.420. The number of benzene rings is 1. The molecule has 0 aliphatic carbocycles. The van der Waals surface area contributed by atoms with Gasteiger partial charge in [0.15, 0.2) is 0 Å². The number of nitrogens with zero attached hydrogens (tertiary/aromatic N) is 1. The number of ether oxygens (including phenoxy) is 1. The third kappa shape index (κ3) is 2.70. The van der Waals surface area contributed by atoms with Gasteiger partial charge in [-0.15, -0.1) is 0 Å². The SMILES string of the molecule is Nc1cc(C(=O)O)cnc1Oc1ccc(Cl)cc1. The maximum absolute atomic E-state index is 10.7. The van der Waals surface area contributed by atoms with Crippen molar-refractivity contribution in [2.45, 2.75) is 0 Å². The quantitative estimate of drug-likeness (QED) is 0.890. The Morgan fingerprint density at radius 2 is 2.00 bits per heavy atom. The highest BCUT2D eigenvalue weighted by Crippen LogP contribution is 2.26. The van der Waals surface area contributed by atoms with Crippen LogP contribution in [-0.2, 0) is 0 Å². The van der Waals surface area contributed by atoms with Gasteiger partial charge in [-0.1, -0.05) is 11.6 Å². The Bertz CT molecular complexity index is 584. The summed E-state index contributed by atoms with van der Waals surface area (Å²) in [7, 11) is 0. The smallest absolute Gasteiger partial charge is 0.337 e. The molecule has 6 heteroatoms. The molecule has 0 saturated carbocycles. The predicted molar refractivity (Wildman–Crippen MR) is 67.1 cm³/mol. The summed E-state index contributed by atoms with van der Waals surface area (Å²) >= 11 is 5.74. The minimum Gasteiger partial charge on any atom is -0.478 e. The fourth-order valence-corrected chi connectivity index (χ4v) is 1.41. The molecule has 0 aliphatic heterocycles. The molecule has 1 aromatic carbocycles. The predicted octanol–water partition coefficient (Wildman–Crippen LogP) is 2.81. The molecule has 3 N–H and O–H groups in total. The first-order chi connectivity index (χ1) is 8.56. The molecule has 0 atom stereocenters. The van der Waals surface area contributed by atoms with Crippen LogP contribution >= 0.6 is 11.6 Å². The summed E-state index contributed by atoms with van der Waals surface area (Å²) in [6.07, 6.45) is 1.18. The van der Waals surface area contributed by atoms with Crippen molar-refractivity contribution in [2.24, 2.45) is 0 Å². The Kier molecular flexibility index (Phi) is 3.34. The van der Waals surface area contributed by atoms with Gasteiger partial charge in [0.2, 0.25) is 5.88 Å². The lowest BCUT2D eigenvalue weighted by Crippen LogP contribution is -2.01. The van der Waals surface area contributed by atoms with Gasteiger partial charge < -0.3 is 15.6 Å². The Hall–Kier alpha value is -2.27. The van der Waals surface area contributed by atoms with Gasteiger partial charge >= 0.3 is 5.97 Å². The molecule has 2 aromatic rings. The lowest BCUT2D eigenvalue weighted by Gasteiger charge is -2.07. The molecule has 18 heavy (non-hydrogen) atoms. The average molecular weight is 265 g/mol. The van der Waals surface area contributed by atoms with Crippen molar-refractivity contribution in [3.63, 3.8) is 0 Å². The van der Waals surface area contributed by atoms with Crippen molar-refractivity contribution >= 4 is 23.3 Å². The van der Waals surface area contributed by atoms with Crippen molar-refractivity contribution in [2.75, 3.05) is 5.73 Å². The summed E-state index contributed by atoms with van der Waals surface area (Å²) in [5.41, 5.74) is 5.83. The van der Waals surface area contributed by atoms with E-state index < -0.39 is 5.97 Å². The molecule has 0 amide bonds. The summed E-state index contributed by atoms with van der Waals surface area (Å²) in [6.45, 7) is 0. The number of pyridine rings is 1. The lowest BCUT2D eigenvalue weighted by molar-refractivity contribution is 0.0696. The van der Waals surface area contributed by atoms with Crippen LogP contribution in [0.15, 0.2) is 36.5 Å². The third-order valence-corrected chi connectivity index (χ3v) is 2.41. The van der Waals surface area contributed by atoms with Gasteiger partial charge in [-0.05, 0) is 30.3 Å². The van der Waals surface area contributed by atoms with Crippen LogP contribution in [-0.4, -0.2) is 16.1 Å². The average Bonchev–Trinajstić information content (AvgIpc) is 2.34. The molecule has 0 radical (unpaired) electrons.